The average molecular weight is 310 g/mol. The van der Waals surface area contributed by atoms with Crippen LogP contribution in [0.1, 0.15) is 11.5 Å². The third kappa shape index (κ3) is 1.96. The van der Waals surface area contributed by atoms with Gasteiger partial charge in [-0.3, -0.25) is 9.59 Å². The van der Waals surface area contributed by atoms with Crippen molar-refractivity contribution in [1.82, 2.24) is 0 Å². The standard InChI is InChI=1S/C18H15FN2O2/c1-20-10-14-16(13-8-7-11(19)9-15(13)20)18(23)21(17(14)22)12-5-3-2-4-6-12/h2-9,14,16H,10H2,1H3/t14-,16+/m1/s1. The predicted molar refractivity (Wildman–Crippen MR) is 84.8 cm³/mol. The van der Waals surface area contributed by atoms with Gasteiger partial charge in [-0.15, -0.1) is 0 Å². The van der Waals surface area contributed by atoms with E-state index in [0.717, 1.165) is 5.56 Å². The van der Waals surface area contributed by atoms with Crippen molar-refractivity contribution < 1.29 is 14.0 Å². The maximum absolute atomic E-state index is 13.5. The Morgan fingerprint density at radius 2 is 1.78 bits per heavy atom. The number of hydrogen-bond acceptors (Lipinski definition) is 3. The van der Waals surface area contributed by atoms with E-state index in [1.54, 1.807) is 30.3 Å². The molecule has 0 aliphatic carbocycles. The molecule has 2 amide bonds. The van der Waals surface area contributed by atoms with E-state index in [-0.39, 0.29) is 17.6 Å². The fraction of sp³-hybridized carbons (Fsp3) is 0.222. The highest BCUT2D eigenvalue weighted by Crippen LogP contribution is 2.45. The Hall–Kier alpha value is -2.69. The quantitative estimate of drug-likeness (QED) is 0.760. The number of carbonyl (C=O) groups is 2. The maximum atomic E-state index is 13.5. The molecule has 0 saturated carbocycles. The summed E-state index contributed by atoms with van der Waals surface area (Å²) in [5.41, 5.74) is 1.99. The van der Waals surface area contributed by atoms with Crippen molar-refractivity contribution in [2.45, 2.75) is 5.92 Å². The summed E-state index contributed by atoms with van der Waals surface area (Å²) in [6.45, 7) is 0.412. The van der Waals surface area contributed by atoms with Crippen LogP contribution in [-0.4, -0.2) is 25.4 Å². The molecule has 2 aliphatic heterocycles. The summed E-state index contributed by atoms with van der Waals surface area (Å²) in [6.07, 6.45) is 0. The van der Waals surface area contributed by atoms with E-state index in [1.165, 1.54) is 17.0 Å². The monoisotopic (exact) mass is 310 g/mol. The normalized spacial score (nSPS) is 23.0. The third-order valence-electron chi connectivity index (χ3n) is 4.65. The Morgan fingerprint density at radius 1 is 1.04 bits per heavy atom. The number of halogens is 1. The summed E-state index contributed by atoms with van der Waals surface area (Å²) < 4.78 is 13.5. The van der Waals surface area contributed by atoms with E-state index in [0.29, 0.717) is 17.9 Å². The van der Waals surface area contributed by atoms with Crippen LogP contribution in [0.15, 0.2) is 48.5 Å². The lowest BCUT2D eigenvalue weighted by Gasteiger charge is -2.33. The third-order valence-corrected chi connectivity index (χ3v) is 4.65. The van der Waals surface area contributed by atoms with Crippen LogP contribution < -0.4 is 9.80 Å². The number of anilines is 2. The summed E-state index contributed by atoms with van der Waals surface area (Å²) in [6, 6.07) is 13.3. The number of nitrogens with zero attached hydrogens (tertiary/aromatic N) is 2. The second-order valence-corrected chi connectivity index (χ2v) is 6.02. The molecule has 116 valence electrons. The first-order valence-electron chi connectivity index (χ1n) is 7.51. The van der Waals surface area contributed by atoms with E-state index < -0.39 is 11.8 Å². The van der Waals surface area contributed by atoms with E-state index in [2.05, 4.69) is 0 Å². The fourth-order valence-electron chi connectivity index (χ4n) is 3.60. The van der Waals surface area contributed by atoms with Crippen LogP contribution in [0.5, 0.6) is 0 Å². The number of imide groups is 1. The molecule has 2 atom stereocenters. The lowest BCUT2D eigenvalue weighted by Crippen LogP contribution is -2.37. The van der Waals surface area contributed by atoms with Gasteiger partial charge >= 0.3 is 0 Å². The lowest BCUT2D eigenvalue weighted by atomic mass is 9.83. The number of benzene rings is 2. The Balaban J connectivity index is 1.83. The van der Waals surface area contributed by atoms with Crippen LogP contribution in [0.2, 0.25) is 0 Å². The SMILES string of the molecule is CN1C[C@H]2C(=O)N(c3ccccc3)C(=O)[C@H]2c2ccc(F)cc21. The molecule has 4 rings (SSSR count). The van der Waals surface area contributed by atoms with Gasteiger partial charge in [-0.2, -0.15) is 0 Å². The van der Waals surface area contributed by atoms with Crippen LogP contribution in [0.4, 0.5) is 15.8 Å². The van der Waals surface area contributed by atoms with Crippen LogP contribution in [0.3, 0.4) is 0 Å². The molecule has 2 heterocycles. The van der Waals surface area contributed by atoms with E-state index in [9.17, 15) is 14.0 Å². The number of amides is 2. The highest BCUT2D eigenvalue weighted by Gasteiger charge is 2.52. The zero-order chi connectivity index (χ0) is 16.1. The largest absolute Gasteiger partial charge is 0.373 e. The molecule has 4 nitrogen and oxygen atoms in total. The number of hydrogen-bond donors (Lipinski definition) is 0. The van der Waals surface area contributed by atoms with Gasteiger partial charge in [0.1, 0.15) is 5.82 Å². The van der Waals surface area contributed by atoms with Crippen LogP contribution in [0.25, 0.3) is 0 Å². The Morgan fingerprint density at radius 3 is 2.52 bits per heavy atom. The molecule has 1 fully saturated rings. The highest BCUT2D eigenvalue weighted by molar-refractivity contribution is 6.24. The van der Waals surface area contributed by atoms with E-state index in [1.807, 2.05) is 18.0 Å². The molecular weight excluding hydrogens is 295 g/mol. The van der Waals surface area contributed by atoms with E-state index >= 15 is 0 Å². The minimum absolute atomic E-state index is 0.187. The first kappa shape index (κ1) is 13.9. The van der Waals surface area contributed by atoms with Gasteiger partial charge in [0.2, 0.25) is 11.8 Å². The van der Waals surface area contributed by atoms with Gasteiger partial charge in [0.15, 0.2) is 0 Å². The van der Waals surface area contributed by atoms with Crippen molar-refractivity contribution in [2.24, 2.45) is 5.92 Å². The number of fused-ring (bicyclic) bond motifs is 3. The smallest absolute Gasteiger partial charge is 0.242 e. The fourth-order valence-corrected chi connectivity index (χ4v) is 3.60. The van der Waals surface area contributed by atoms with Crippen molar-refractivity contribution in [3.63, 3.8) is 0 Å². The summed E-state index contributed by atoms with van der Waals surface area (Å²) in [4.78, 5) is 28.8. The number of carbonyl (C=O) groups excluding carboxylic acids is 2. The zero-order valence-corrected chi connectivity index (χ0v) is 12.6. The van der Waals surface area contributed by atoms with Crippen LogP contribution >= 0.6 is 0 Å². The molecule has 2 aromatic carbocycles. The molecule has 0 aromatic heterocycles. The highest BCUT2D eigenvalue weighted by atomic mass is 19.1. The minimum atomic E-state index is -0.533. The molecule has 2 aromatic rings. The first-order chi connectivity index (χ1) is 11.1. The topological polar surface area (TPSA) is 40.6 Å². The maximum Gasteiger partial charge on any atom is 0.242 e. The van der Waals surface area contributed by atoms with Crippen molar-refractivity contribution in [3.8, 4) is 0 Å². The molecule has 0 bridgehead atoms. The zero-order valence-electron chi connectivity index (χ0n) is 12.6. The Labute approximate surface area is 133 Å². The Kier molecular flexibility index (Phi) is 2.98. The van der Waals surface area contributed by atoms with E-state index in [4.69, 9.17) is 0 Å². The molecule has 0 N–H and O–H groups in total. The lowest BCUT2D eigenvalue weighted by molar-refractivity contribution is -0.122. The van der Waals surface area contributed by atoms with Gasteiger partial charge in [0, 0.05) is 19.3 Å². The molecule has 0 unspecified atom stereocenters. The summed E-state index contributed by atoms with van der Waals surface area (Å²) in [7, 11) is 1.82. The van der Waals surface area contributed by atoms with Gasteiger partial charge in [0.25, 0.3) is 0 Å². The average Bonchev–Trinajstić information content (AvgIpc) is 2.80. The van der Waals surface area contributed by atoms with Crippen molar-refractivity contribution in [1.29, 1.82) is 0 Å². The minimum Gasteiger partial charge on any atom is -0.373 e. The molecular formula is C18H15FN2O2. The molecule has 23 heavy (non-hydrogen) atoms. The summed E-state index contributed by atoms with van der Waals surface area (Å²) >= 11 is 0. The van der Waals surface area contributed by atoms with Gasteiger partial charge in [-0.25, -0.2) is 9.29 Å². The first-order valence-corrected chi connectivity index (χ1v) is 7.51. The van der Waals surface area contributed by atoms with Crippen molar-refractivity contribution in [2.75, 3.05) is 23.4 Å². The second-order valence-electron chi connectivity index (χ2n) is 6.02. The predicted octanol–water partition coefficient (Wildman–Crippen LogP) is 2.55. The van der Waals surface area contributed by atoms with Crippen LogP contribution in [0, 0.1) is 11.7 Å². The van der Waals surface area contributed by atoms with Crippen LogP contribution in [-0.2, 0) is 9.59 Å². The summed E-state index contributed by atoms with van der Waals surface area (Å²) in [5, 5.41) is 0. The molecule has 0 radical (unpaired) electrons. The Bertz CT molecular complexity index is 806. The molecule has 1 saturated heterocycles. The van der Waals surface area contributed by atoms with Crippen molar-refractivity contribution in [3.05, 3.63) is 59.9 Å². The van der Waals surface area contributed by atoms with Crippen molar-refractivity contribution >= 4 is 23.2 Å². The van der Waals surface area contributed by atoms with Gasteiger partial charge in [-0.1, -0.05) is 24.3 Å². The molecule has 2 aliphatic rings. The summed E-state index contributed by atoms with van der Waals surface area (Å²) in [5.74, 6) is -1.72. The number of rotatable bonds is 1. The molecule has 5 heteroatoms. The molecule has 0 spiro atoms. The second kappa shape index (κ2) is 4.91. The van der Waals surface area contributed by atoms with Gasteiger partial charge < -0.3 is 4.90 Å². The van der Waals surface area contributed by atoms with Gasteiger partial charge in [-0.05, 0) is 29.8 Å². The number of para-hydroxylation sites is 1. The van der Waals surface area contributed by atoms with Gasteiger partial charge in [0.05, 0.1) is 17.5 Å².